The molecule has 2 atom stereocenters. The minimum absolute atomic E-state index is 0.0864. The molecule has 5 nitrogen and oxygen atoms in total. The summed E-state index contributed by atoms with van der Waals surface area (Å²) in [5, 5.41) is 8.13. The van der Waals surface area contributed by atoms with Crippen LogP contribution in [0.2, 0.25) is 0 Å². The van der Waals surface area contributed by atoms with Crippen molar-refractivity contribution < 1.29 is 9.59 Å². The van der Waals surface area contributed by atoms with Gasteiger partial charge in [0.2, 0.25) is 11.8 Å². The molecule has 0 aromatic rings. The molecule has 1 aliphatic heterocycles. The fourth-order valence-corrected chi connectivity index (χ4v) is 1.16. The van der Waals surface area contributed by atoms with Crippen LogP contribution in [0.3, 0.4) is 0 Å². The van der Waals surface area contributed by atoms with Gasteiger partial charge < -0.3 is 16.0 Å². The molecule has 13 heavy (non-hydrogen) atoms. The van der Waals surface area contributed by atoms with Crippen LogP contribution in [0.25, 0.3) is 0 Å². The molecule has 74 valence electrons. The Balaban J connectivity index is 2.39. The molecule has 0 spiro atoms. The molecule has 1 fully saturated rings. The van der Waals surface area contributed by atoms with Crippen LogP contribution in [0.5, 0.6) is 0 Å². The van der Waals surface area contributed by atoms with Crippen molar-refractivity contribution in [2.24, 2.45) is 0 Å². The second-order valence-electron chi connectivity index (χ2n) is 3.15. The number of hydrogen-bond acceptors (Lipinski definition) is 3. The maximum Gasteiger partial charge on any atom is 0.242 e. The zero-order chi connectivity index (χ0) is 9.84. The first-order chi connectivity index (χ1) is 6.15. The van der Waals surface area contributed by atoms with Gasteiger partial charge in [-0.25, -0.2) is 0 Å². The molecule has 0 aromatic carbocycles. The van der Waals surface area contributed by atoms with Crippen molar-refractivity contribution >= 4 is 11.8 Å². The van der Waals surface area contributed by atoms with Crippen molar-refractivity contribution in [2.45, 2.75) is 25.4 Å². The van der Waals surface area contributed by atoms with E-state index < -0.39 is 0 Å². The number of amides is 2. The van der Waals surface area contributed by atoms with E-state index in [1.807, 2.05) is 0 Å². The van der Waals surface area contributed by atoms with E-state index in [9.17, 15) is 9.59 Å². The highest BCUT2D eigenvalue weighted by atomic mass is 16.2. The van der Waals surface area contributed by atoms with Crippen molar-refractivity contribution in [1.29, 1.82) is 0 Å². The second kappa shape index (κ2) is 4.23. The Kier molecular flexibility index (Phi) is 3.25. The molecule has 0 bridgehead atoms. The quantitative estimate of drug-likeness (QED) is 0.506. The summed E-state index contributed by atoms with van der Waals surface area (Å²) < 4.78 is 0. The third kappa shape index (κ3) is 2.42. The molecule has 1 aliphatic rings. The number of hydrogen-bond donors (Lipinski definition) is 3. The van der Waals surface area contributed by atoms with Crippen molar-refractivity contribution in [3.05, 3.63) is 0 Å². The van der Waals surface area contributed by atoms with Gasteiger partial charge >= 0.3 is 0 Å². The van der Waals surface area contributed by atoms with E-state index in [0.717, 1.165) is 0 Å². The summed E-state index contributed by atoms with van der Waals surface area (Å²) in [7, 11) is 1.71. The zero-order valence-electron chi connectivity index (χ0n) is 7.89. The van der Waals surface area contributed by atoms with E-state index in [0.29, 0.717) is 13.0 Å². The van der Waals surface area contributed by atoms with Crippen LogP contribution in [-0.2, 0) is 9.59 Å². The molecule has 0 unspecified atom stereocenters. The third-order valence-electron chi connectivity index (χ3n) is 2.19. The van der Waals surface area contributed by atoms with Gasteiger partial charge in [0.1, 0.15) is 6.04 Å². The van der Waals surface area contributed by atoms with E-state index >= 15 is 0 Å². The molecule has 1 rings (SSSR count). The van der Waals surface area contributed by atoms with Crippen LogP contribution in [0.15, 0.2) is 0 Å². The lowest BCUT2D eigenvalue weighted by atomic mass is 10.2. The van der Waals surface area contributed by atoms with Gasteiger partial charge in [0, 0.05) is 6.54 Å². The Morgan fingerprint density at radius 3 is 2.85 bits per heavy atom. The van der Waals surface area contributed by atoms with Gasteiger partial charge in [-0.2, -0.15) is 0 Å². The summed E-state index contributed by atoms with van der Waals surface area (Å²) in [4.78, 5) is 22.4. The number of carbonyl (C=O) groups excluding carboxylic acids is 2. The molecule has 0 saturated carbocycles. The Morgan fingerprint density at radius 2 is 2.38 bits per heavy atom. The minimum atomic E-state index is -0.344. The zero-order valence-corrected chi connectivity index (χ0v) is 7.89. The van der Waals surface area contributed by atoms with Crippen LogP contribution in [-0.4, -0.2) is 37.5 Å². The highest BCUT2D eigenvalue weighted by molar-refractivity contribution is 5.90. The lowest BCUT2D eigenvalue weighted by molar-refractivity contribution is -0.128. The van der Waals surface area contributed by atoms with E-state index in [1.165, 1.54) is 0 Å². The fraction of sp³-hybridized carbons (Fsp3) is 0.750. The molecule has 2 amide bonds. The Labute approximate surface area is 77.3 Å². The van der Waals surface area contributed by atoms with Crippen LogP contribution >= 0.6 is 0 Å². The topological polar surface area (TPSA) is 70.2 Å². The third-order valence-corrected chi connectivity index (χ3v) is 2.19. The van der Waals surface area contributed by atoms with Crippen LogP contribution in [0.1, 0.15) is 13.3 Å². The first-order valence-electron chi connectivity index (χ1n) is 4.40. The number of rotatable bonds is 3. The van der Waals surface area contributed by atoms with Gasteiger partial charge in [-0.15, -0.1) is 0 Å². The summed E-state index contributed by atoms with van der Waals surface area (Å²) >= 11 is 0. The minimum Gasteiger partial charge on any atom is -0.354 e. The maximum atomic E-state index is 11.3. The van der Waals surface area contributed by atoms with Gasteiger partial charge in [-0.05, 0) is 20.4 Å². The average molecular weight is 185 g/mol. The number of nitrogens with one attached hydrogen (secondary N) is 3. The summed E-state index contributed by atoms with van der Waals surface area (Å²) in [5.74, 6) is -0.221. The summed E-state index contributed by atoms with van der Waals surface area (Å²) in [6.45, 7) is 2.40. The van der Waals surface area contributed by atoms with E-state index in [4.69, 9.17) is 0 Å². The van der Waals surface area contributed by atoms with Crippen LogP contribution < -0.4 is 16.0 Å². The molecule has 1 heterocycles. The predicted octanol–water partition coefficient (Wildman–Crippen LogP) is -1.40. The molecule has 0 aromatic heterocycles. The first-order valence-corrected chi connectivity index (χ1v) is 4.40. The predicted molar refractivity (Wildman–Crippen MR) is 48.1 cm³/mol. The number of likely N-dealkylation sites (N-methyl/N-ethyl adjacent to an activating group) is 1. The first kappa shape index (κ1) is 9.98. The van der Waals surface area contributed by atoms with Gasteiger partial charge in [-0.3, -0.25) is 9.59 Å². The molecule has 1 saturated heterocycles. The van der Waals surface area contributed by atoms with Gasteiger partial charge in [0.05, 0.1) is 6.04 Å². The van der Waals surface area contributed by atoms with Gasteiger partial charge in [0.25, 0.3) is 0 Å². The highest BCUT2D eigenvalue weighted by Gasteiger charge is 2.26. The fourth-order valence-electron chi connectivity index (χ4n) is 1.16. The van der Waals surface area contributed by atoms with Crippen molar-refractivity contribution in [2.75, 3.05) is 13.6 Å². The summed E-state index contributed by atoms with van der Waals surface area (Å²) in [6, 6.07) is -0.600. The smallest absolute Gasteiger partial charge is 0.242 e. The molecular formula is C8H15N3O2. The maximum absolute atomic E-state index is 11.3. The Morgan fingerprint density at radius 1 is 1.69 bits per heavy atom. The highest BCUT2D eigenvalue weighted by Crippen LogP contribution is 1.99. The SMILES string of the molecule is CN[C@@H](C)C(=O)N[C@H]1CCNC1=O. The largest absolute Gasteiger partial charge is 0.354 e. The Hall–Kier alpha value is -1.10. The normalized spacial score (nSPS) is 23.8. The average Bonchev–Trinajstić information content (AvgIpc) is 2.50. The van der Waals surface area contributed by atoms with Crippen LogP contribution in [0, 0.1) is 0 Å². The lowest BCUT2D eigenvalue weighted by Crippen LogP contribution is -2.47. The lowest BCUT2D eigenvalue weighted by Gasteiger charge is -2.14. The van der Waals surface area contributed by atoms with Gasteiger partial charge in [0.15, 0.2) is 0 Å². The van der Waals surface area contributed by atoms with Crippen molar-refractivity contribution in [3.63, 3.8) is 0 Å². The molecule has 5 heteroatoms. The molecule has 0 radical (unpaired) electrons. The monoisotopic (exact) mass is 185 g/mol. The number of carbonyl (C=O) groups is 2. The van der Waals surface area contributed by atoms with E-state index in [2.05, 4.69) is 16.0 Å². The molecule has 3 N–H and O–H groups in total. The standard InChI is InChI=1S/C8H15N3O2/c1-5(9-2)7(12)11-6-3-4-10-8(6)13/h5-6,9H,3-4H2,1-2H3,(H,10,13)(H,11,12)/t5-,6-/m0/s1. The summed E-state index contributed by atoms with van der Waals surface area (Å²) in [5.41, 5.74) is 0. The van der Waals surface area contributed by atoms with Crippen molar-refractivity contribution in [1.82, 2.24) is 16.0 Å². The molecule has 0 aliphatic carbocycles. The summed E-state index contributed by atoms with van der Waals surface area (Å²) in [6.07, 6.45) is 0.682. The second-order valence-corrected chi connectivity index (χ2v) is 3.15. The van der Waals surface area contributed by atoms with E-state index in [-0.39, 0.29) is 23.9 Å². The molecular weight excluding hydrogens is 170 g/mol. The van der Waals surface area contributed by atoms with Crippen LogP contribution in [0.4, 0.5) is 0 Å². The van der Waals surface area contributed by atoms with Gasteiger partial charge in [-0.1, -0.05) is 0 Å². The Bertz CT molecular complexity index is 217. The van der Waals surface area contributed by atoms with Crippen molar-refractivity contribution in [3.8, 4) is 0 Å². The van der Waals surface area contributed by atoms with E-state index in [1.54, 1.807) is 14.0 Å².